The van der Waals surface area contributed by atoms with Crippen LogP contribution in [0, 0.1) is 0 Å². The number of carbonyl (C=O) groups excluding carboxylic acids is 1. The lowest BCUT2D eigenvalue weighted by molar-refractivity contribution is 0.0919. The van der Waals surface area contributed by atoms with Gasteiger partial charge in [-0.3, -0.25) is 9.69 Å². The molecule has 1 saturated heterocycles. The molecular weight excluding hydrogens is 350 g/mol. The van der Waals surface area contributed by atoms with E-state index in [4.69, 9.17) is 4.42 Å². The Labute approximate surface area is 165 Å². The van der Waals surface area contributed by atoms with Gasteiger partial charge in [0.15, 0.2) is 5.76 Å². The van der Waals surface area contributed by atoms with Crippen LogP contribution in [0.1, 0.15) is 21.9 Å². The summed E-state index contributed by atoms with van der Waals surface area (Å²) in [5.41, 5.74) is 2.34. The minimum atomic E-state index is -0.177. The van der Waals surface area contributed by atoms with Crippen molar-refractivity contribution in [3.8, 4) is 0 Å². The number of furan rings is 1. The zero-order valence-electron chi connectivity index (χ0n) is 15.9. The van der Waals surface area contributed by atoms with Crippen LogP contribution in [-0.4, -0.2) is 37.0 Å². The van der Waals surface area contributed by atoms with E-state index in [0.717, 1.165) is 44.0 Å². The molecule has 3 aromatic rings. The third-order valence-corrected chi connectivity index (χ3v) is 5.05. The molecule has 1 aliphatic heterocycles. The molecule has 1 N–H and O–H groups in total. The van der Waals surface area contributed by atoms with Gasteiger partial charge >= 0.3 is 0 Å². The van der Waals surface area contributed by atoms with Crippen molar-refractivity contribution in [3.05, 3.63) is 89.9 Å². The molecule has 2 heterocycles. The van der Waals surface area contributed by atoms with Crippen LogP contribution in [0.25, 0.3) is 0 Å². The SMILES string of the molecule is O=C(NCc1ccccc1)c1ccc(CN2CCN(c3ccccc3)CC2)o1. The highest BCUT2D eigenvalue weighted by molar-refractivity contribution is 5.91. The first-order chi connectivity index (χ1) is 13.8. The molecular formula is C23H25N3O2. The summed E-state index contributed by atoms with van der Waals surface area (Å²) < 4.78 is 5.78. The Morgan fingerprint density at radius 1 is 0.857 bits per heavy atom. The van der Waals surface area contributed by atoms with E-state index in [0.29, 0.717) is 12.3 Å². The molecule has 144 valence electrons. The lowest BCUT2D eigenvalue weighted by Gasteiger charge is -2.35. The van der Waals surface area contributed by atoms with Gasteiger partial charge in [0, 0.05) is 38.4 Å². The Bertz CT molecular complexity index is 884. The number of para-hydroxylation sites is 1. The Hall–Kier alpha value is -3.05. The summed E-state index contributed by atoms with van der Waals surface area (Å²) in [5, 5.41) is 2.90. The molecule has 1 aromatic heterocycles. The number of benzene rings is 2. The maximum Gasteiger partial charge on any atom is 0.287 e. The molecule has 0 spiro atoms. The number of hydrogen-bond acceptors (Lipinski definition) is 4. The quantitative estimate of drug-likeness (QED) is 0.716. The first-order valence-corrected chi connectivity index (χ1v) is 9.71. The number of nitrogens with zero attached hydrogens (tertiary/aromatic N) is 2. The topological polar surface area (TPSA) is 48.7 Å². The lowest BCUT2D eigenvalue weighted by atomic mass is 10.2. The van der Waals surface area contributed by atoms with Crippen LogP contribution in [0.3, 0.4) is 0 Å². The van der Waals surface area contributed by atoms with Crippen molar-refractivity contribution >= 4 is 11.6 Å². The normalized spacial score (nSPS) is 14.8. The van der Waals surface area contributed by atoms with E-state index in [2.05, 4.69) is 39.4 Å². The number of amides is 1. The second-order valence-electron chi connectivity index (χ2n) is 7.03. The molecule has 0 unspecified atom stereocenters. The van der Waals surface area contributed by atoms with Gasteiger partial charge in [0.25, 0.3) is 5.91 Å². The Morgan fingerprint density at radius 2 is 1.54 bits per heavy atom. The standard InChI is InChI=1S/C23H25N3O2/c27-23(24-17-19-7-3-1-4-8-19)22-12-11-21(28-22)18-25-13-15-26(16-14-25)20-9-5-2-6-10-20/h1-12H,13-18H2,(H,24,27). The van der Waals surface area contributed by atoms with E-state index in [1.807, 2.05) is 42.5 Å². The van der Waals surface area contributed by atoms with Crippen LogP contribution < -0.4 is 10.2 Å². The van der Waals surface area contributed by atoms with Gasteiger partial charge in [-0.05, 0) is 29.8 Å². The first-order valence-electron chi connectivity index (χ1n) is 9.71. The fourth-order valence-electron chi connectivity index (χ4n) is 3.47. The zero-order valence-corrected chi connectivity index (χ0v) is 15.9. The smallest absolute Gasteiger partial charge is 0.287 e. The molecule has 0 radical (unpaired) electrons. The second kappa shape index (κ2) is 8.76. The van der Waals surface area contributed by atoms with Gasteiger partial charge < -0.3 is 14.6 Å². The predicted octanol–water partition coefficient (Wildman–Crippen LogP) is 3.53. The molecule has 5 heteroatoms. The molecule has 2 aromatic carbocycles. The van der Waals surface area contributed by atoms with Crippen molar-refractivity contribution in [1.82, 2.24) is 10.2 Å². The molecule has 0 atom stereocenters. The predicted molar refractivity (Wildman–Crippen MR) is 110 cm³/mol. The fraction of sp³-hybridized carbons (Fsp3) is 0.261. The maximum absolute atomic E-state index is 12.3. The van der Waals surface area contributed by atoms with E-state index >= 15 is 0 Å². The number of carbonyl (C=O) groups is 1. The van der Waals surface area contributed by atoms with Crippen molar-refractivity contribution in [3.63, 3.8) is 0 Å². The van der Waals surface area contributed by atoms with Crippen molar-refractivity contribution in [2.75, 3.05) is 31.1 Å². The third kappa shape index (κ3) is 4.61. The van der Waals surface area contributed by atoms with Crippen molar-refractivity contribution in [1.29, 1.82) is 0 Å². The number of rotatable bonds is 6. The molecule has 0 aliphatic carbocycles. The third-order valence-electron chi connectivity index (χ3n) is 5.05. The van der Waals surface area contributed by atoms with Gasteiger partial charge in [-0.2, -0.15) is 0 Å². The average Bonchev–Trinajstić information content (AvgIpc) is 3.22. The van der Waals surface area contributed by atoms with Crippen molar-refractivity contribution in [2.24, 2.45) is 0 Å². The molecule has 1 fully saturated rings. The Kier molecular flexibility index (Phi) is 5.73. The molecule has 1 aliphatic rings. The lowest BCUT2D eigenvalue weighted by Crippen LogP contribution is -2.45. The van der Waals surface area contributed by atoms with Gasteiger partial charge in [0.2, 0.25) is 0 Å². The zero-order chi connectivity index (χ0) is 19.2. The van der Waals surface area contributed by atoms with Gasteiger partial charge in [-0.25, -0.2) is 0 Å². The minimum absolute atomic E-state index is 0.177. The molecule has 28 heavy (non-hydrogen) atoms. The number of anilines is 1. The maximum atomic E-state index is 12.3. The summed E-state index contributed by atoms with van der Waals surface area (Å²) >= 11 is 0. The van der Waals surface area contributed by atoms with Crippen LogP contribution in [0.4, 0.5) is 5.69 Å². The highest BCUT2D eigenvalue weighted by atomic mass is 16.4. The molecule has 5 nitrogen and oxygen atoms in total. The minimum Gasteiger partial charge on any atom is -0.455 e. The Balaban J connectivity index is 1.26. The highest BCUT2D eigenvalue weighted by Gasteiger charge is 2.19. The van der Waals surface area contributed by atoms with Gasteiger partial charge in [-0.15, -0.1) is 0 Å². The van der Waals surface area contributed by atoms with Crippen LogP contribution in [0.5, 0.6) is 0 Å². The van der Waals surface area contributed by atoms with Crippen LogP contribution in [0.2, 0.25) is 0 Å². The highest BCUT2D eigenvalue weighted by Crippen LogP contribution is 2.17. The van der Waals surface area contributed by atoms with Crippen molar-refractivity contribution in [2.45, 2.75) is 13.1 Å². The molecule has 1 amide bonds. The number of piperazine rings is 1. The van der Waals surface area contributed by atoms with Gasteiger partial charge in [0.1, 0.15) is 5.76 Å². The number of hydrogen-bond donors (Lipinski definition) is 1. The van der Waals surface area contributed by atoms with E-state index in [9.17, 15) is 4.79 Å². The fourth-order valence-corrected chi connectivity index (χ4v) is 3.47. The van der Waals surface area contributed by atoms with Crippen LogP contribution in [0.15, 0.2) is 77.2 Å². The van der Waals surface area contributed by atoms with E-state index in [1.165, 1.54) is 5.69 Å². The summed E-state index contributed by atoms with van der Waals surface area (Å²) in [6, 6.07) is 24.0. The molecule has 0 saturated carbocycles. The van der Waals surface area contributed by atoms with E-state index < -0.39 is 0 Å². The molecule has 0 bridgehead atoms. The van der Waals surface area contributed by atoms with Gasteiger partial charge in [0.05, 0.1) is 6.54 Å². The number of nitrogens with one attached hydrogen (secondary N) is 1. The monoisotopic (exact) mass is 375 g/mol. The first kappa shape index (κ1) is 18.3. The second-order valence-corrected chi connectivity index (χ2v) is 7.03. The summed E-state index contributed by atoms with van der Waals surface area (Å²) in [4.78, 5) is 17.1. The van der Waals surface area contributed by atoms with E-state index in [-0.39, 0.29) is 5.91 Å². The van der Waals surface area contributed by atoms with E-state index in [1.54, 1.807) is 6.07 Å². The summed E-state index contributed by atoms with van der Waals surface area (Å²) in [6.07, 6.45) is 0. The van der Waals surface area contributed by atoms with Gasteiger partial charge in [-0.1, -0.05) is 48.5 Å². The Morgan fingerprint density at radius 3 is 2.25 bits per heavy atom. The van der Waals surface area contributed by atoms with Crippen LogP contribution in [-0.2, 0) is 13.1 Å². The largest absolute Gasteiger partial charge is 0.455 e. The van der Waals surface area contributed by atoms with Crippen LogP contribution >= 0.6 is 0 Å². The average molecular weight is 375 g/mol. The summed E-state index contributed by atoms with van der Waals surface area (Å²) in [7, 11) is 0. The molecule has 4 rings (SSSR count). The summed E-state index contributed by atoms with van der Waals surface area (Å²) in [5.74, 6) is 1.02. The van der Waals surface area contributed by atoms with Crippen molar-refractivity contribution < 1.29 is 9.21 Å². The summed E-state index contributed by atoms with van der Waals surface area (Å²) in [6.45, 7) is 5.17.